The van der Waals surface area contributed by atoms with Gasteiger partial charge in [0.05, 0.1) is 18.9 Å². The maximum atomic E-state index is 12.4. The lowest BCUT2D eigenvalue weighted by Crippen LogP contribution is -2.24. The lowest BCUT2D eigenvalue weighted by atomic mass is 9.93. The number of aromatic nitrogens is 7. The number of hydrogen-bond donors (Lipinski definition) is 2. The number of hydrogen-bond acceptors (Lipinski definition) is 11. The van der Waals surface area contributed by atoms with E-state index in [1.807, 2.05) is 43.3 Å². The van der Waals surface area contributed by atoms with E-state index in [-0.39, 0.29) is 36.6 Å². The minimum absolute atomic E-state index is 0.145. The molecule has 0 radical (unpaired) electrons. The van der Waals surface area contributed by atoms with E-state index in [4.69, 9.17) is 23.9 Å². The van der Waals surface area contributed by atoms with Crippen LogP contribution in [0.25, 0.3) is 28.6 Å². The van der Waals surface area contributed by atoms with Crippen molar-refractivity contribution >= 4 is 12.0 Å². The van der Waals surface area contributed by atoms with Gasteiger partial charge < -0.3 is 24.3 Å². The number of carbonyl (C=O) groups is 1. The number of pyridine rings is 1. The van der Waals surface area contributed by atoms with E-state index in [1.54, 1.807) is 25.3 Å². The summed E-state index contributed by atoms with van der Waals surface area (Å²) in [5.41, 5.74) is 3.76. The number of rotatable bonds is 9. The number of nitrogens with one attached hydrogen (secondary N) is 2. The fourth-order valence-corrected chi connectivity index (χ4v) is 4.39. The van der Waals surface area contributed by atoms with Gasteiger partial charge in [0, 0.05) is 41.8 Å². The highest BCUT2D eigenvalue weighted by molar-refractivity contribution is 5.92. The summed E-state index contributed by atoms with van der Waals surface area (Å²) in [7, 11) is 1.61. The normalized spacial score (nSPS) is 12.0. The Kier molecular flexibility index (Phi) is 7.36. The Morgan fingerprint density at radius 2 is 1.90 bits per heavy atom. The molecule has 0 atom stereocenters. The third-order valence-corrected chi connectivity index (χ3v) is 6.36. The summed E-state index contributed by atoms with van der Waals surface area (Å²) in [6.45, 7) is 2.26. The number of carbonyl (C=O) groups excluding carboxylic acids is 1. The van der Waals surface area contributed by atoms with Crippen LogP contribution in [0.2, 0.25) is 0 Å². The third-order valence-electron chi connectivity index (χ3n) is 6.36. The monoisotopic (exact) mass is 564 g/mol. The minimum Gasteiger partial charge on any atom is -0.497 e. The summed E-state index contributed by atoms with van der Waals surface area (Å²) < 4.78 is 22.6. The molecule has 2 N–H and O–H groups in total. The Hall–Kier alpha value is -5.85. The number of methoxy groups -OCH3 is 1. The number of H-pyrrole nitrogens is 1. The summed E-state index contributed by atoms with van der Waals surface area (Å²) in [5.74, 6) is 2.62. The molecular formula is C29H24N8O5. The number of aromatic amines is 1. The molecule has 0 saturated heterocycles. The van der Waals surface area contributed by atoms with Crippen LogP contribution in [0.4, 0.5) is 0 Å². The van der Waals surface area contributed by atoms with E-state index in [9.17, 15) is 4.79 Å². The molecule has 2 aromatic carbocycles. The highest BCUT2D eigenvalue weighted by Gasteiger charge is 2.25. The number of benzene rings is 2. The summed E-state index contributed by atoms with van der Waals surface area (Å²) in [5, 5.41) is 17.6. The zero-order chi connectivity index (χ0) is 28.9. The lowest BCUT2D eigenvalue weighted by molar-refractivity contribution is 0.0952. The molecule has 1 amide bonds. The second-order valence-corrected chi connectivity index (χ2v) is 8.95. The average molecular weight is 565 g/mol. The molecule has 1 aliphatic rings. The van der Waals surface area contributed by atoms with Gasteiger partial charge in [0.25, 0.3) is 5.91 Å². The Morgan fingerprint density at radius 1 is 1.07 bits per heavy atom. The zero-order valence-corrected chi connectivity index (χ0v) is 22.6. The van der Waals surface area contributed by atoms with E-state index >= 15 is 0 Å². The van der Waals surface area contributed by atoms with Crippen LogP contribution in [-0.2, 0) is 0 Å². The first-order valence-electron chi connectivity index (χ1n) is 12.8. The smallest absolute Gasteiger partial charge is 0.271 e. The van der Waals surface area contributed by atoms with Gasteiger partial charge in [0.2, 0.25) is 18.5 Å². The van der Waals surface area contributed by atoms with Crippen LogP contribution in [0.15, 0.2) is 67.1 Å². The van der Waals surface area contributed by atoms with Gasteiger partial charge in [-0.1, -0.05) is 24.3 Å². The van der Waals surface area contributed by atoms with Gasteiger partial charge >= 0.3 is 0 Å². The van der Waals surface area contributed by atoms with Crippen molar-refractivity contribution in [1.29, 1.82) is 0 Å². The first kappa shape index (κ1) is 26.4. The molecule has 42 heavy (non-hydrogen) atoms. The Labute approximate surface area is 239 Å². The zero-order valence-electron chi connectivity index (χ0n) is 22.6. The predicted octanol–water partition coefficient (Wildman–Crippen LogP) is 4.00. The minimum atomic E-state index is -0.335. The molecule has 4 heterocycles. The summed E-state index contributed by atoms with van der Waals surface area (Å²) in [6.07, 6.45) is 8.09. The number of amides is 1. The molecule has 6 rings (SSSR count). The quantitative estimate of drug-likeness (QED) is 0.266. The van der Waals surface area contributed by atoms with Crippen molar-refractivity contribution < 1.29 is 23.7 Å². The third kappa shape index (κ3) is 5.43. The van der Waals surface area contributed by atoms with Gasteiger partial charge in [-0.3, -0.25) is 9.78 Å². The first-order chi connectivity index (χ1) is 20.6. The van der Waals surface area contributed by atoms with E-state index in [0.717, 1.165) is 16.7 Å². The number of tetrazole rings is 1. The molecule has 0 saturated carbocycles. The Bertz CT molecular complexity index is 1740. The molecular weight excluding hydrogens is 540 g/mol. The molecule has 1 aliphatic heterocycles. The van der Waals surface area contributed by atoms with Crippen molar-refractivity contribution in [2.75, 3.05) is 20.4 Å². The van der Waals surface area contributed by atoms with Crippen LogP contribution < -0.4 is 24.3 Å². The van der Waals surface area contributed by atoms with E-state index in [2.05, 4.69) is 35.9 Å². The summed E-state index contributed by atoms with van der Waals surface area (Å²) in [6, 6.07) is 12.8. The number of fused-ring (bicyclic) bond motifs is 1. The predicted molar refractivity (Wildman–Crippen MR) is 150 cm³/mol. The van der Waals surface area contributed by atoms with Gasteiger partial charge in [-0.05, 0) is 42.0 Å². The van der Waals surface area contributed by atoms with Crippen LogP contribution in [0.3, 0.4) is 0 Å². The maximum absolute atomic E-state index is 12.4. The molecule has 5 aromatic rings. The number of nitrogens with zero attached hydrogens (tertiary/aromatic N) is 6. The fraction of sp³-hybridized carbons (Fsp3) is 0.138. The number of aryl methyl sites for hydroxylation is 1. The van der Waals surface area contributed by atoms with Gasteiger partial charge in [-0.15, -0.1) is 10.2 Å². The molecule has 0 bridgehead atoms. The van der Waals surface area contributed by atoms with Crippen molar-refractivity contribution in [2.24, 2.45) is 0 Å². The molecule has 0 unspecified atom stereocenters. The molecule has 3 aromatic heterocycles. The van der Waals surface area contributed by atoms with Crippen LogP contribution in [0, 0.1) is 6.92 Å². The molecule has 210 valence electrons. The van der Waals surface area contributed by atoms with Gasteiger partial charge in [-0.25, -0.2) is 9.97 Å². The topological polar surface area (TPSA) is 159 Å². The van der Waals surface area contributed by atoms with Crippen molar-refractivity contribution in [3.8, 4) is 51.4 Å². The van der Waals surface area contributed by atoms with Crippen molar-refractivity contribution in [3.05, 3.63) is 84.1 Å². The number of ether oxygens (including phenoxy) is 4. The summed E-state index contributed by atoms with van der Waals surface area (Å²) in [4.78, 5) is 25.2. The second kappa shape index (κ2) is 11.7. The van der Waals surface area contributed by atoms with Crippen LogP contribution in [0.5, 0.6) is 28.9 Å². The summed E-state index contributed by atoms with van der Waals surface area (Å²) >= 11 is 0. The van der Waals surface area contributed by atoms with Crippen LogP contribution in [-0.4, -0.2) is 61.9 Å². The highest BCUT2D eigenvalue weighted by atomic mass is 16.7. The lowest BCUT2D eigenvalue weighted by Gasteiger charge is -2.18. The average Bonchev–Trinajstić information content (AvgIpc) is 3.73. The second-order valence-electron chi connectivity index (χ2n) is 8.95. The largest absolute Gasteiger partial charge is 0.497 e. The molecule has 13 heteroatoms. The van der Waals surface area contributed by atoms with E-state index in [1.165, 1.54) is 18.6 Å². The van der Waals surface area contributed by atoms with Crippen molar-refractivity contribution in [1.82, 2.24) is 40.9 Å². The molecule has 13 nitrogen and oxygen atoms in total. The fourth-order valence-electron chi connectivity index (χ4n) is 4.39. The molecule has 0 aliphatic carbocycles. The van der Waals surface area contributed by atoms with E-state index in [0.29, 0.717) is 34.3 Å². The molecule has 0 fully saturated rings. The van der Waals surface area contributed by atoms with E-state index < -0.39 is 0 Å². The Morgan fingerprint density at radius 3 is 2.67 bits per heavy atom. The van der Waals surface area contributed by atoms with Gasteiger partial charge in [0.15, 0.2) is 11.5 Å². The SMILES string of the molecule is COc1ccc(-c2c(C=CCNC(=O)c3cnccn3)c(C)nc(Oc3ccc4c(c3)OCO4)c2-c2nn[nH]n2)cc1. The maximum Gasteiger partial charge on any atom is 0.271 e. The van der Waals surface area contributed by atoms with Crippen molar-refractivity contribution in [2.45, 2.75) is 6.92 Å². The van der Waals surface area contributed by atoms with Crippen LogP contribution in [0.1, 0.15) is 21.7 Å². The highest BCUT2D eigenvalue weighted by Crippen LogP contribution is 2.43. The van der Waals surface area contributed by atoms with Gasteiger partial charge in [0.1, 0.15) is 17.2 Å². The van der Waals surface area contributed by atoms with Crippen molar-refractivity contribution in [3.63, 3.8) is 0 Å². The Balaban J connectivity index is 1.42. The molecule has 0 spiro atoms. The van der Waals surface area contributed by atoms with Crippen LogP contribution >= 0.6 is 0 Å². The first-order valence-corrected chi connectivity index (χ1v) is 12.8. The van der Waals surface area contributed by atoms with Gasteiger partial charge in [-0.2, -0.15) is 5.21 Å². The standard InChI is InChI=1S/C29H24N8O5/c1-17-21(4-3-11-32-28(38)22-15-30-12-13-31-22)25(18-5-7-19(39-2)8-6-18)26(27-34-36-37-35-27)29(33-17)42-20-9-10-23-24(14-20)41-16-40-23/h3-10,12-15H,11,16H2,1-2H3,(H,32,38)(H,34,35,36,37).